The molecule has 0 amide bonds. The van der Waals surface area contributed by atoms with E-state index in [1.165, 1.54) is 32.7 Å². The van der Waals surface area contributed by atoms with Gasteiger partial charge in [-0.3, -0.25) is 0 Å². The molecule has 0 fully saturated rings. The summed E-state index contributed by atoms with van der Waals surface area (Å²) in [6.07, 6.45) is 0. The maximum atomic E-state index is 3.56. The van der Waals surface area contributed by atoms with Crippen molar-refractivity contribution < 1.29 is 0 Å². The van der Waals surface area contributed by atoms with E-state index in [-0.39, 0.29) is 0 Å². The summed E-state index contributed by atoms with van der Waals surface area (Å²) in [5.41, 5.74) is 2.47. The van der Waals surface area contributed by atoms with Gasteiger partial charge in [0.05, 0.1) is 0 Å². The highest BCUT2D eigenvalue weighted by Gasteiger charge is 2.09. The molecule has 0 saturated heterocycles. The van der Waals surface area contributed by atoms with Crippen molar-refractivity contribution in [3.05, 3.63) is 83.3 Å². The number of halogens is 1. The Morgan fingerprint density at radius 3 is 1.95 bits per heavy atom. The van der Waals surface area contributed by atoms with E-state index in [4.69, 9.17) is 0 Å². The van der Waals surface area contributed by atoms with Crippen molar-refractivity contribution in [2.45, 2.75) is 0 Å². The van der Waals surface area contributed by atoms with Gasteiger partial charge in [-0.25, -0.2) is 0 Å². The molecule has 0 spiro atoms. The maximum absolute atomic E-state index is 3.56. The van der Waals surface area contributed by atoms with Crippen LogP contribution in [0.2, 0.25) is 0 Å². The molecule has 0 aliphatic heterocycles. The van der Waals surface area contributed by atoms with Gasteiger partial charge in [0.2, 0.25) is 0 Å². The Labute approximate surface area is 132 Å². The Hall–Kier alpha value is -2.12. The van der Waals surface area contributed by atoms with Gasteiger partial charge in [0, 0.05) is 4.47 Å². The number of hydrogen-bond donors (Lipinski definition) is 0. The van der Waals surface area contributed by atoms with E-state index < -0.39 is 0 Å². The lowest BCUT2D eigenvalue weighted by molar-refractivity contribution is 1.62. The van der Waals surface area contributed by atoms with Crippen LogP contribution in [0.15, 0.2) is 77.3 Å². The number of benzene rings is 4. The third-order valence-corrected chi connectivity index (χ3v) is 4.27. The van der Waals surface area contributed by atoms with Crippen LogP contribution in [0.4, 0.5) is 0 Å². The van der Waals surface area contributed by atoms with Crippen molar-refractivity contribution in [3.8, 4) is 11.1 Å². The molecule has 0 aliphatic rings. The summed E-state index contributed by atoms with van der Waals surface area (Å²) in [7, 11) is 0. The normalized spacial score (nSPS) is 11.1. The number of rotatable bonds is 1. The number of fused-ring (bicyclic) bond motifs is 2. The zero-order valence-electron chi connectivity index (χ0n) is 11.3. The first-order valence-corrected chi connectivity index (χ1v) is 7.70. The fraction of sp³-hybridized carbons (Fsp3) is 0. The van der Waals surface area contributed by atoms with E-state index in [1.54, 1.807) is 0 Å². The van der Waals surface area contributed by atoms with Crippen molar-refractivity contribution >= 4 is 37.5 Å². The molecule has 4 aromatic rings. The van der Waals surface area contributed by atoms with E-state index >= 15 is 0 Å². The highest BCUT2D eigenvalue weighted by Crippen LogP contribution is 2.36. The Morgan fingerprint density at radius 1 is 0.714 bits per heavy atom. The summed E-state index contributed by atoms with van der Waals surface area (Å²) in [6, 6.07) is 28.7. The molecular weight excluding hydrogens is 320 g/mol. The first kappa shape index (κ1) is 12.6. The summed E-state index contributed by atoms with van der Waals surface area (Å²) in [5.74, 6) is 0. The molecule has 0 nitrogen and oxygen atoms in total. The predicted octanol–water partition coefficient (Wildman–Crippen LogP) is 6.22. The van der Waals surface area contributed by atoms with Crippen LogP contribution in [0.1, 0.15) is 0 Å². The van der Waals surface area contributed by atoms with E-state index in [0.29, 0.717) is 0 Å². The van der Waals surface area contributed by atoms with Gasteiger partial charge in [0.15, 0.2) is 0 Å². The quantitative estimate of drug-likeness (QED) is 0.363. The average Bonchev–Trinajstić information content (AvgIpc) is 2.52. The monoisotopic (exact) mass is 331 g/mol. The summed E-state index contributed by atoms with van der Waals surface area (Å²) in [5, 5.41) is 5.10. The zero-order valence-corrected chi connectivity index (χ0v) is 12.9. The standard InChI is InChI=1S/C20H12Br/c21-17-9-5-8-16(13-17)20-18-10-3-1-6-14(18)12-15-7-2-4-11-19(15)20/h1-4,6-13H. The molecule has 0 N–H and O–H groups in total. The topological polar surface area (TPSA) is 0 Å². The minimum atomic E-state index is 1.05. The molecule has 1 heteroatoms. The Morgan fingerprint density at radius 2 is 1.33 bits per heavy atom. The van der Waals surface area contributed by atoms with Crippen LogP contribution in [0.25, 0.3) is 32.7 Å². The molecule has 4 rings (SSSR count). The molecule has 1 radical (unpaired) electrons. The molecule has 0 atom stereocenters. The lowest BCUT2D eigenvalue weighted by Crippen LogP contribution is -1.85. The molecule has 21 heavy (non-hydrogen) atoms. The third kappa shape index (κ3) is 2.14. The Balaban J connectivity index is 2.21. The highest BCUT2D eigenvalue weighted by atomic mass is 79.9. The van der Waals surface area contributed by atoms with Crippen LogP contribution >= 0.6 is 15.9 Å². The minimum absolute atomic E-state index is 1.05. The average molecular weight is 332 g/mol. The van der Waals surface area contributed by atoms with Crippen LogP contribution in [0.5, 0.6) is 0 Å². The van der Waals surface area contributed by atoms with E-state index in [2.05, 4.69) is 88.7 Å². The first-order valence-electron chi connectivity index (χ1n) is 6.90. The van der Waals surface area contributed by atoms with Crippen molar-refractivity contribution in [3.63, 3.8) is 0 Å². The molecule has 0 heterocycles. The largest absolute Gasteiger partial charge is 0.0616 e. The summed E-state index contributed by atoms with van der Waals surface area (Å²) >= 11 is 3.56. The maximum Gasteiger partial charge on any atom is 0.0187 e. The van der Waals surface area contributed by atoms with Gasteiger partial charge in [-0.05, 0) is 63.0 Å². The lowest BCUT2D eigenvalue weighted by atomic mass is 9.92. The fourth-order valence-corrected chi connectivity index (χ4v) is 3.29. The number of hydrogen-bond acceptors (Lipinski definition) is 0. The van der Waals surface area contributed by atoms with Gasteiger partial charge in [-0.15, -0.1) is 0 Å². The van der Waals surface area contributed by atoms with E-state index in [0.717, 1.165) is 4.47 Å². The van der Waals surface area contributed by atoms with Gasteiger partial charge < -0.3 is 0 Å². The first-order chi connectivity index (χ1) is 10.3. The Bertz CT molecular complexity index is 900. The minimum Gasteiger partial charge on any atom is -0.0616 e. The molecule has 0 aliphatic carbocycles. The second-order valence-corrected chi connectivity index (χ2v) is 6.05. The van der Waals surface area contributed by atoms with Crippen LogP contribution in [-0.2, 0) is 0 Å². The summed E-state index contributed by atoms with van der Waals surface area (Å²) in [4.78, 5) is 0. The van der Waals surface area contributed by atoms with Crippen LogP contribution in [-0.4, -0.2) is 0 Å². The molecule has 4 aromatic carbocycles. The van der Waals surface area contributed by atoms with Crippen molar-refractivity contribution in [2.75, 3.05) is 0 Å². The van der Waals surface area contributed by atoms with Gasteiger partial charge in [-0.1, -0.05) is 64.5 Å². The molecule has 99 valence electrons. The van der Waals surface area contributed by atoms with Crippen LogP contribution in [0, 0.1) is 6.07 Å². The van der Waals surface area contributed by atoms with Crippen molar-refractivity contribution in [2.24, 2.45) is 0 Å². The van der Waals surface area contributed by atoms with E-state index in [1.807, 2.05) is 6.07 Å². The molecule has 0 saturated carbocycles. The summed E-state index contributed by atoms with van der Waals surface area (Å²) < 4.78 is 1.05. The van der Waals surface area contributed by atoms with Gasteiger partial charge >= 0.3 is 0 Å². The predicted molar refractivity (Wildman–Crippen MR) is 93.4 cm³/mol. The smallest absolute Gasteiger partial charge is 0.0187 e. The van der Waals surface area contributed by atoms with Gasteiger partial charge in [0.1, 0.15) is 0 Å². The second kappa shape index (κ2) is 5.01. The van der Waals surface area contributed by atoms with Crippen molar-refractivity contribution in [1.29, 1.82) is 0 Å². The lowest BCUT2D eigenvalue weighted by Gasteiger charge is -2.12. The zero-order chi connectivity index (χ0) is 14.2. The molecule has 0 aromatic heterocycles. The van der Waals surface area contributed by atoms with Crippen molar-refractivity contribution in [1.82, 2.24) is 0 Å². The third-order valence-electron chi connectivity index (χ3n) is 3.81. The van der Waals surface area contributed by atoms with Gasteiger partial charge in [0.25, 0.3) is 0 Å². The Kier molecular flexibility index (Phi) is 3.01. The second-order valence-electron chi connectivity index (χ2n) is 5.13. The highest BCUT2D eigenvalue weighted by molar-refractivity contribution is 9.10. The van der Waals surface area contributed by atoms with E-state index in [9.17, 15) is 0 Å². The van der Waals surface area contributed by atoms with Gasteiger partial charge in [-0.2, -0.15) is 0 Å². The molecule has 0 bridgehead atoms. The van der Waals surface area contributed by atoms with Crippen LogP contribution < -0.4 is 0 Å². The molecular formula is C20H12Br. The molecule has 0 unspecified atom stereocenters. The SMILES string of the molecule is Brc1c[c]cc(-c2c3ccccc3cc3ccccc23)c1. The summed E-state index contributed by atoms with van der Waals surface area (Å²) in [6.45, 7) is 0. The fourth-order valence-electron chi connectivity index (χ4n) is 2.91. The van der Waals surface area contributed by atoms with Crippen LogP contribution in [0.3, 0.4) is 0 Å².